The molecule has 0 saturated carbocycles. The van der Waals surface area contributed by atoms with Gasteiger partial charge in [0.05, 0.1) is 18.2 Å². The standard InChI is InChI=1S/C19H16F3NO3/c1-25-16-5-6-17-13(9-16)8-14(11-26-17)18(24)23-10-12-3-2-4-15(7-12)19(20,21)22/h2-9H,10-11H2,1H3,(H,23,24). The molecule has 26 heavy (non-hydrogen) atoms. The number of alkyl halides is 3. The minimum absolute atomic E-state index is 0.00887. The van der Waals surface area contributed by atoms with Crippen LogP contribution in [0.2, 0.25) is 0 Å². The fourth-order valence-electron chi connectivity index (χ4n) is 2.57. The molecule has 0 bridgehead atoms. The van der Waals surface area contributed by atoms with Crippen molar-refractivity contribution in [1.29, 1.82) is 0 Å². The predicted molar refractivity (Wildman–Crippen MR) is 89.8 cm³/mol. The van der Waals surface area contributed by atoms with Crippen LogP contribution in [0.1, 0.15) is 16.7 Å². The highest BCUT2D eigenvalue weighted by Crippen LogP contribution is 2.31. The van der Waals surface area contributed by atoms with E-state index in [-0.39, 0.29) is 13.2 Å². The van der Waals surface area contributed by atoms with Crippen LogP contribution in [0.5, 0.6) is 11.5 Å². The summed E-state index contributed by atoms with van der Waals surface area (Å²) < 4.78 is 48.9. The lowest BCUT2D eigenvalue weighted by Gasteiger charge is -2.18. The summed E-state index contributed by atoms with van der Waals surface area (Å²) in [5.74, 6) is 0.880. The maximum atomic E-state index is 12.7. The number of ether oxygens (including phenoxy) is 2. The first-order valence-electron chi connectivity index (χ1n) is 7.82. The van der Waals surface area contributed by atoms with Gasteiger partial charge in [-0.25, -0.2) is 0 Å². The quantitative estimate of drug-likeness (QED) is 0.899. The highest BCUT2D eigenvalue weighted by Gasteiger charge is 2.30. The van der Waals surface area contributed by atoms with Crippen LogP contribution in [0.3, 0.4) is 0 Å². The Labute approximate surface area is 148 Å². The Balaban J connectivity index is 1.70. The number of hydrogen-bond donors (Lipinski definition) is 1. The van der Waals surface area contributed by atoms with Crippen molar-refractivity contribution in [2.45, 2.75) is 12.7 Å². The van der Waals surface area contributed by atoms with E-state index in [1.54, 1.807) is 24.3 Å². The van der Waals surface area contributed by atoms with Gasteiger partial charge in [0.1, 0.15) is 18.1 Å². The summed E-state index contributed by atoms with van der Waals surface area (Å²) >= 11 is 0. The minimum Gasteiger partial charge on any atom is -0.497 e. The van der Waals surface area contributed by atoms with Gasteiger partial charge in [-0.15, -0.1) is 0 Å². The van der Waals surface area contributed by atoms with Crippen molar-refractivity contribution >= 4 is 12.0 Å². The second kappa shape index (κ2) is 7.11. The first-order chi connectivity index (χ1) is 12.4. The Morgan fingerprint density at radius 3 is 2.77 bits per heavy atom. The van der Waals surface area contributed by atoms with E-state index >= 15 is 0 Å². The van der Waals surface area contributed by atoms with Crippen LogP contribution in [-0.2, 0) is 17.5 Å². The Bertz CT molecular complexity index is 859. The normalized spacial score (nSPS) is 13.3. The lowest BCUT2D eigenvalue weighted by Crippen LogP contribution is -2.28. The number of rotatable bonds is 4. The van der Waals surface area contributed by atoms with Crippen LogP contribution in [0.25, 0.3) is 6.08 Å². The van der Waals surface area contributed by atoms with Gasteiger partial charge in [0.2, 0.25) is 0 Å². The zero-order valence-electron chi connectivity index (χ0n) is 13.9. The molecule has 1 heterocycles. The molecule has 0 atom stereocenters. The van der Waals surface area contributed by atoms with Gasteiger partial charge in [-0.2, -0.15) is 13.2 Å². The van der Waals surface area contributed by atoms with Crippen LogP contribution in [0.4, 0.5) is 13.2 Å². The summed E-state index contributed by atoms with van der Waals surface area (Å²) in [5.41, 5.74) is 0.718. The smallest absolute Gasteiger partial charge is 0.416 e. The van der Waals surface area contributed by atoms with Gasteiger partial charge in [0.25, 0.3) is 5.91 Å². The van der Waals surface area contributed by atoms with E-state index in [0.717, 1.165) is 12.1 Å². The minimum atomic E-state index is -4.41. The van der Waals surface area contributed by atoms with Crippen LogP contribution in [0, 0.1) is 0 Å². The second-order valence-electron chi connectivity index (χ2n) is 5.74. The molecule has 0 aromatic heterocycles. The highest BCUT2D eigenvalue weighted by atomic mass is 19.4. The van der Waals surface area contributed by atoms with E-state index in [9.17, 15) is 18.0 Å². The molecular weight excluding hydrogens is 347 g/mol. The predicted octanol–water partition coefficient (Wildman–Crippen LogP) is 3.81. The van der Waals surface area contributed by atoms with Crippen molar-refractivity contribution in [3.8, 4) is 11.5 Å². The van der Waals surface area contributed by atoms with Crippen LogP contribution >= 0.6 is 0 Å². The number of methoxy groups -OCH3 is 1. The number of halogens is 3. The number of carbonyl (C=O) groups is 1. The van der Waals surface area contributed by atoms with E-state index in [2.05, 4.69) is 5.32 Å². The first-order valence-corrected chi connectivity index (χ1v) is 7.82. The van der Waals surface area contributed by atoms with E-state index in [1.165, 1.54) is 19.2 Å². The fraction of sp³-hybridized carbons (Fsp3) is 0.211. The Kier molecular flexibility index (Phi) is 4.88. The van der Waals surface area contributed by atoms with Crippen molar-refractivity contribution in [2.75, 3.05) is 13.7 Å². The topological polar surface area (TPSA) is 47.6 Å². The lowest BCUT2D eigenvalue weighted by atomic mass is 10.1. The molecule has 1 aliphatic rings. The zero-order chi connectivity index (χ0) is 18.7. The summed E-state index contributed by atoms with van der Waals surface area (Å²) in [7, 11) is 1.54. The molecule has 3 rings (SSSR count). The molecule has 0 fully saturated rings. The van der Waals surface area contributed by atoms with E-state index in [1.807, 2.05) is 0 Å². The molecule has 0 radical (unpaired) electrons. The third-order valence-electron chi connectivity index (χ3n) is 3.93. The SMILES string of the molecule is COc1ccc2c(c1)C=C(C(=O)NCc1cccc(C(F)(F)F)c1)CO2. The van der Waals surface area contributed by atoms with Gasteiger partial charge >= 0.3 is 6.18 Å². The van der Waals surface area contributed by atoms with Gasteiger partial charge in [-0.3, -0.25) is 4.79 Å². The number of nitrogens with one attached hydrogen (secondary N) is 1. The van der Waals surface area contributed by atoms with Crippen LogP contribution < -0.4 is 14.8 Å². The van der Waals surface area contributed by atoms with Crippen molar-refractivity contribution in [1.82, 2.24) is 5.32 Å². The van der Waals surface area contributed by atoms with Gasteiger partial charge < -0.3 is 14.8 Å². The zero-order valence-corrected chi connectivity index (χ0v) is 13.9. The lowest BCUT2D eigenvalue weighted by molar-refractivity contribution is -0.137. The molecule has 2 aromatic carbocycles. The Hall–Kier alpha value is -2.96. The largest absolute Gasteiger partial charge is 0.497 e. The summed E-state index contributed by atoms with van der Waals surface area (Å²) in [6.07, 6.45) is -2.73. The number of carbonyl (C=O) groups excluding carboxylic acids is 1. The maximum Gasteiger partial charge on any atom is 0.416 e. The molecule has 0 saturated heterocycles. The maximum absolute atomic E-state index is 12.7. The van der Waals surface area contributed by atoms with Crippen molar-refractivity contribution < 1.29 is 27.4 Å². The van der Waals surface area contributed by atoms with Gasteiger partial charge in [0, 0.05) is 12.1 Å². The van der Waals surface area contributed by atoms with Gasteiger partial charge in [-0.05, 0) is 42.0 Å². The number of fused-ring (bicyclic) bond motifs is 1. The average Bonchev–Trinajstić information content (AvgIpc) is 2.64. The molecule has 7 heteroatoms. The molecule has 0 aliphatic carbocycles. The highest BCUT2D eigenvalue weighted by molar-refractivity contribution is 5.99. The molecule has 1 aliphatic heterocycles. The summed E-state index contributed by atoms with van der Waals surface area (Å²) in [6, 6.07) is 10.1. The fourth-order valence-corrected chi connectivity index (χ4v) is 2.57. The molecule has 1 amide bonds. The molecule has 2 aromatic rings. The summed E-state index contributed by atoms with van der Waals surface area (Å²) in [6.45, 7) is 0.0822. The van der Waals surface area contributed by atoms with Crippen molar-refractivity contribution in [3.63, 3.8) is 0 Å². The van der Waals surface area contributed by atoms with Crippen molar-refractivity contribution in [2.24, 2.45) is 0 Å². The molecule has 136 valence electrons. The monoisotopic (exact) mass is 363 g/mol. The number of hydrogen-bond acceptors (Lipinski definition) is 3. The van der Waals surface area contributed by atoms with Crippen LogP contribution in [0.15, 0.2) is 48.0 Å². The van der Waals surface area contributed by atoms with Gasteiger partial charge in [-0.1, -0.05) is 12.1 Å². The number of benzene rings is 2. The average molecular weight is 363 g/mol. The third-order valence-corrected chi connectivity index (χ3v) is 3.93. The summed E-state index contributed by atoms with van der Waals surface area (Å²) in [4.78, 5) is 12.3. The second-order valence-corrected chi connectivity index (χ2v) is 5.74. The number of amides is 1. The summed E-state index contributed by atoms with van der Waals surface area (Å²) in [5, 5.41) is 2.62. The first kappa shape index (κ1) is 17.8. The molecular formula is C19H16F3NO3. The molecule has 1 N–H and O–H groups in total. The molecule has 0 spiro atoms. The Morgan fingerprint density at radius 2 is 2.04 bits per heavy atom. The van der Waals surface area contributed by atoms with Crippen molar-refractivity contribution in [3.05, 3.63) is 64.7 Å². The molecule has 0 unspecified atom stereocenters. The van der Waals surface area contributed by atoms with E-state index < -0.39 is 17.6 Å². The Morgan fingerprint density at radius 1 is 1.23 bits per heavy atom. The van der Waals surface area contributed by atoms with E-state index in [4.69, 9.17) is 9.47 Å². The third kappa shape index (κ3) is 3.99. The van der Waals surface area contributed by atoms with Gasteiger partial charge in [0.15, 0.2) is 0 Å². The molecule has 4 nitrogen and oxygen atoms in total. The van der Waals surface area contributed by atoms with E-state index in [0.29, 0.717) is 28.2 Å². The van der Waals surface area contributed by atoms with Crippen LogP contribution in [-0.4, -0.2) is 19.6 Å².